The Morgan fingerprint density at radius 1 is 0.975 bits per heavy atom. The summed E-state index contributed by atoms with van der Waals surface area (Å²) in [6.45, 7) is 12.5. The van der Waals surface area contributed by atoms with Crippen molar-refractivity contribution in [3.05, 3.63) is 35.4 Å². The van der Waals surface area contributed by atoms with Crippen LogP contribution in [0.2, 0.25) is 0 Å². The van der Waals surface area contributed by atoms with Gasteiger partial charge in [-0.3, -0.25) is 0 Å². The Morgan fingerprint density at radius 2 is 1.77 bits per heavy atom. The van der Waals surface area contributed by atoms with E-state index in [1.54, 1.807) is 31.9 Å². The van der Waals surface area contributed by atoms with Gasteiger partial charge < -0.3 is 14.2 Å². The lowest BCUT2D eigenvalue weighted by atomic mass is 9.47. The zero-order valence-corrected chi connectivity index (χ0v) is 26.3. The van der Waals surface area contributed by atoms with Gasteiger partial charge in [-0.2, -0.15) is 0 Å². The first-order chi connectivity index (χ1) is 19.1. The van der Waals surface area contributed by atoms with Gasteiger partial charge in [-0.1, -0.05) is 71.6 Å². The molecule has 8 atom stereocenters. The molecule has 40 heavy (non-hydrogen) atoms. The van der Waals surface area contributed by atoms with Crippen LogP contribution >= 0.6 is 0 Å². The van der Waals surface area contributed by atoms with Crippen molar-refractivity contribution in [2.24, 2.45) is 46.3 Å². The van der Waals surface area contributed by atoms with Crippen LogP contribution in [-0.4, -0.2) is 26.3 Å². The number of carbonyl (C=O) groups excluding carboxylic acids is 1. The van der Waals surface area contributed by atoms with Crippen LogP contribution in [0.4, 0.5) is 0 Å². The summed E-state index contributed by atoms with van der Waals surface area (Å²) in [5.74, 6) is 5.72. The summed E-state index contributed by atoms with van der Waals surface area (Å²) in [6, 6.07) is 5.39. The summed E-state index contributed by atoms with van der Waals surface area (Å²) in [7, 11) is 3.16. The molecular formula is C36H54O4. The number of esters is 1. The van der Waals surface area contributed by atoms with Gasteiger partial charge in [-0.15, -0.1) is 0 Å². The molecule has 0 amide bonds. The molecule has 0 bridgehead atoms. The third kappa shape index (κ3) is 5.22. The third-order valence-corrected chi connectivity index (χ3v) is 12.2. The lowest BCUT2D eigenvalue weighted by Crippen LogP contribution is -2.51. The molecule has 4 aliphatic carbocycles. The van der Waals surface area contributed by atoms with E-state index in [1.807, 2.05) is 6.07 Å². The van der Waals surface area contributed by atoms with E-state index < -0.39 is 0 Å². The molecule has 0 N–H and O–H groups in total. The van der Waals surface area contributed by atoms with Gasteiger partial charge in [0.25, 0.3) is 0 Å². The molecule has 0 aliphatic heterocycles. The summed E-state index contributed by atoms with van der Waals surface area (Å²) < 4.78 is 17.0. The lowest BCUT2D eigenvalue weighted by Gasteiger charge is -2.58. The van der Waals surface area contributed by atoms with E-state index in [0.717, 1.165) is 54.8 Å². The molecule has 4 aliphatic rings. The number of fused-ring (bicyclic) bond motifs is 5. The van der Waals surface area contributed by atoms with Crippen molar-refractivity contribution >= 4 is 5.97 Å². The van der Waals surface area contributed by atoms with Crippen molar-refractivity contribution in [1.82, 2.24) is 0 Å². The van der Waals surface area contributed by atoms with E-state index in [0.29, 0.717) is 22.5 Å². The van der Waals surface area contributed by atoms with E-state index >= 15 is 0 Å². The van der Waals surface area contributed by atoms with Crippen LogP contribution in [-0.2, 0) is 4.74 Å². The van der Waals surface area contributed by atoms with E-state index in [9.17, 15) is 4.79 Å². The Kier molecular flexibility index (Phi) is 8.65. The van der Waals surface area contributed by atoms with Gasteiger partial charge in [0, 0.05) is 6.42 Å². The standard InChI is InChI=1S/C36H54O4/c1-23(2)10-8-11-24(3)29-16-17-30-27-15-14-25-22-26(18-20-35(25,4)31(27)19-21-36(29,30)5)40-34(37)28-12-9-13-32(38-6)33(28)39-7/h9,12-14,23-24,26-27,29-31H,8,10-11,15-22H2,1-7H3/t24-,26?,27+,29-,30+,31+,35+,36-/m1/s1. The van der Waals surface area contributed by atoms with Gasteiger partial charge >= 0.3 is 5.97 Å². The second kappa shape index (κ2) is 11.7. The van der Waals surface area contributed by atoms with Gasteiger partial charge in [0.15, 0.2) is 11.5 Å². The van der Waals surface area contributed by atoms with Crippen molar-refractivity contribution < 1.29 is 19.0 Å². The molecule has 222 valence electrons. The van der Waals surface area contributed by atoms with Crippen LogP contribution in [0.3, 0.4) is 0 Å². The molecule has 1 aromatic rings. The molecular weight excluding hydrogens is 496 g/mol. The fourth-order valence-corrected chi connectivity index (χ4v) is 10.0. The third-order valence-electron chi connectivity index (χ3n) is 12.2. The molecule has 4 heteroatoms. The first-order valence-electron chi connectivity index (χ1n) is 16.2. The average molecular weight is 551 g/mol. The maximum atomic E-state index is 13.2. The fourth-order valence-electron chi connectivity index (χ4n) is 10.0. The Bertz CT molecular complexity index is 1090. The number of allylic oxidation sites excluding steroid dienone is 1. The normalized spacial score (nSPS) is 35.7. The van der Waals surface area contributed by atoms with Gasteiger partial charge in [-0.25, -0.2) is 4.79 Å². The molecule has 3 saturated carbocycles. The number of ether oxygens (including phenoxy) is 3. The smallest absolute Gasteiger partial charge is 0.342 e. The van der Waals surface area contributed by atoms with Gasteiger partial charge in [0.1, 0.15) is 11.7 Å². The number of rotatable bonds is 9. The SMILES string of the molecule is COc1cccc(C(=O)OC2CC[C@@]3(C)C(=CC[C@H]4[C@@H]5CC[C@H]([C@H](C)CCCC(C)C)[C@@]5(C)CC[C@@H]43)C2)c1OC. The molecule has 3 fully saturated rings. The summed E-state index contributed by atoms with van der Waals surface area (Å²) >= 11 is 0. The highest BCUT2D eigenvalue weighted by Gasteiger charge is 2.59. The van der Waals surface area contributed by atoms with Gasteiger partial charge in [-0.05, 0) is 103 Å². The molecule has 0 aromatic heterocycles. The van der Waals surface area contributed by atoms with Crippen molar-refractivity contribution in [3.8, 4) is 11.5 Å². The molecule has 0 spiro atoms. The van der Waals surface area contributed by atoms with Crippen LogP contribution in [0, 0.1) is 46.3 Å². The first-order valence-corrected chi connectivity index (χ1v) is 16.2. The highest BCUT2D eigenvalue weighted by molar-refractivity contribution is 5.93. The summed E-state index contributed by atoms with van der Waals surface area (Å²) in [5, 5.41) is 0. The molecule has 0 saturated heterocycles. The number of methoxy groups -OCH3 is 2. The van der Waals surface area contributed by atoms with Crippen molar-refractivity contribution in [2.45, 2.75) is 111 Å². The van der Waals surface area contributed by atoms with Crippen molar-refractivity contribution in [2.75, 3.05) is 14.2 Å². The predicted molar refractivity (Wildman–Crippen MR) is 162 cm³/mol. The second-order valence-electron chi connectivity index (χ2n) is 14.6. The zero-order chi connectivity index (χ0) is 28.7. The Morgan fingerprint density at radius 3 is 2.50 bits per heavy atom. The Hall–Kier alpha value is -1.97. The predicted octanol–water partition coefficient (Wildman–Crippen LogP) is 9.27. The minimum absolute atomic E-state index is 0.0734. The minimum atomic E-state index is -0.313. The number of benzene rings is 1. The minimum Gasteiger partial charge on any atom is -0.493 e. The van der Waals surface area contributed by atoms with Crippen LogP contribution in [0.25, 0.3) is 0 Å². The number of hydrogen-bond donors (Lipinski definition) is 0. The van der Waals surface area contributed by atoms with Gasteiger partial charge in [0.05, 0.1) is 14.2 Å². The first kappa shape index (κ1) is 29.5. The average Bonchev–Trinajstić information content (AvgIpc) is 3.29. The van der Waals surface area contributed by atoms with Crippen LogP contribution < -0.4 is 9.47 Å². The Balaban J connectivity index is 1.26. The van der Waals surface area contributed by atoms with E-state index in [-0.39, 0.29) is 17.5 Å². The second-order valence-corrected chi connectivity index (χ2v) is 14.6. The van der Waals surface area contributed by atoms with Crippen LogP contribution in [0.15, 0.2) is 29.8 Å². The highest BCUT2D eigenvalue weighted by Crippen LogP contribution is 2.67. The largest absolute Gasteiger partial charge is 0.493 e. The number of para-hydroxylation sites is 1. The zero-order valence-electron chi connectivity index (χ0n) is 26.3. The molecule has 1 unspecified atom stereocenters. The van der Waals surface area contributed by atoms with Crippen molar-refractivity contribution in [1.29, 1.82) is 0 Å². The van der Waals surface area contributed by atoms with Gasteiger partial charge in [0.2, 0.25) is 0 Å². The van der Waals surface area contributed by atoms with Crippen LogP contribution in [0.1, 0.15) is 116 Å². The topological polar surface area (TPSA) is 44.8 Å². The lowest BCUT2D eigenvalue weighted by molar-refractivity contribution is -0.0594. The highest BCUT2D eigenvalue weighted by atomic mass is 16.5. The number of hydrogen-bond acceptors (Lipinski definition) is 4. The van der Waals surface area contributed by atoms with E-state index in [2.05, 4.69) is 40.7 Å². The van der Waals surface area contributed by atoms with Crippen molar-refractivity contribution in [3.63, 3.8) is 0 Å². The summed E-state index contributed by atoms with van der Waals surface area (Å²) in [5.41, 5.74) is 2.76. The quantitative estimate of drug-likeness (QED) is 0.227. The fraction of sp³-hybridized carbons (Fsp3) is 0.750. The van der Waals surface area contributed by atoms with Crippen LogP contribution in [0.5, 0.6) is 11.5 Å². The summed E-state index contributed by atoms with van der Waals surface area (Å²) in [4.78, 5) is 13.2. The Labute approximate surface area is 243 Å². The molecule has 0 heterocycles. The maximum absolute atomic E-state index is 13.2. The maximum Gasteiger partial charge on any atom is 0.342 e. The van der Waals surface area contributed by atoms with E-state index in [1.165, 1.54) is 51.4 Å². The molecule has 4 nitrogen and oxygen atoms in total. The monoisotopic (exact) mass is 550 g/mol. The summed E-state index contributed by atoms with van der Waals surface area (Å²) in [6.07, 6.45) is 16.4. The van der Waals surface area contributed by atoms with E-state index in [4.69, 9.17) is 14.2 Å². The molecule has 0 radical (unpaired) electrons. The molecule has 5 rings (SSSR count). The number of carbonyl (C=O) groups is 1. The molecule has 1 aromatic carbocycles.